The maximum absolute atomic E-state index is 16.8. The maximum Gasteiger partial charge on any atom is 0.410 e. The molecule has 141 heavy (non-hydrogen) atoms. The van der Waals surface area contributed by atoms with Crippen LogP contribution in [-0.4, -0.2) is 256 Å². The normalized spacial score (nSPS) is 28.8. The van der Waals surface area contributed by atoms with Crippen molar-refractivity contribution in [1.29, 1.82) is 0 Å². The number of rotatable bonds is 26. The molecule has 0 radical (unpaired) electrons. The third kappa shape index (κ3) is 22.9. The van der Waals surface area contributed by atoms with Gasteiger partial charge in [-0.25, -0.2) is 9.59 Å². The Balaban J connectivity index is 0.953. The Kier molecular flexibility index (Phi) is 32.0. The number of aldehydes is 1. The van der Waals surface area contributed by atoms with Crippen LogP contribution in [0.5, 0.6) is 34.5 Å². The molecule has 0 saturated carbocycles. The average Bonchev–Trinajstić information content (AvgIpc) is 1.56. The van der Waals surface area contributed by atoms with Crippen LogP contribution in [0.25, 0.3) is 22.3 Å². The summed E-state index contributed by atoms with van der Waals surface area (Å²) >= 11 is 21.0. The number of aliphatic hydroxyl groups excluding tert-OH is 6. The van der Waals surface area contributed by atoms with Crippen molar-refractivity contribution in [2.75, 3.05) is 27.0 Å². The van der Waals surface area contributed by atoms with E-state index < -0.39 is 329 Å². The predicted octanol–water partition coefficient (Wildman–Crippen LogP) is 2.18. The SMILES string of the molecule is CN[C@H](CC(C)C)C(=O)N[C@H]1C(=O)N[C@@H](CC(N)=O)C(=O)N[C@H]2C(=O)N[C@H]3C(=O)N[C@H](C(=O)N[C@H](C(=O)OCOC(=O)NCCC(O)(C=O)P(=O)(O)O)c4cc(O)cc5c4-c4cc3ccc4C5(O)O)[C@H](O[C@H]3C[C@](C)(N)[C@@H](O)[C@H](C)O3)c3ccc(c(Cl)c3)Oc3cc2cc(c3O[C@@H]2O[C@H](CO)[C@@H](O)[C@H](O)[C@H]2O[C@H]2C[C@](C)(NCc3ccc(-c4ccc(Cl)cc4)cc3)[C@@H](O)[C@H](C)O2)Oc2ccc(cc2Cl)[C@H]1O. The van der Waals surface area contributed by atoms with Crippen LogP contribution in [0, 0.1) is 5.92 Å². The number of aliphatic hydroxyl groups is 9. The number of primary amides is 1. The molecule has 8 aliphatic heterocycles. The Bertz CT molecular complexity index is 5990. The molecule has 7 aromatic rings. The number of benzene rings is 7. The first-order chi connectivity index (χ1) is 66.5. The van der Waals surface area contributed by atoms with E-state index in [1.807, 2.05) is 41.7 Å². The summed E-state index contributed by atoms with van der Waals surface area (Å²) in [5, 5.41) is 138. The molecular weight excluding hydrogens is 1940 g/mol. The molecule has 11 bridgehead atoms. The Labute approximate surface area is 819 Å². The molecule has 1 unspecified atom stereocenters. The number of hydrogen-bond donors (Lipinski definition) is 23. The first-order valence-corrected chi connectivity index (χ1v) is 47.3. The smallest absolute Gasteiger partial charge is 0.410 e. The van der Waals surface area contributed by atoms with Crippen LogP contribution in [0.2, 0.25) is 15.1 Å². The van der Waals surface area contributed by atoms with Gasteiger partial charge in [-0.2, -0.15) is 0 Å². The van der Waals surface area contributed by atoms with E-state index in [1.54, 1.807) is 39.8 Å². The van der Waals surface area contributed by atoms with E-state index in [2.05, 4.69) is 42.5 Å². The second-order valence-corrected chi connectivity index (χ2v) is 39.5. The Morgan fingerprint density at radius 3 is 1.89 bits per heavy atom. The fourth-order valence-electron chi connectivity index (χ4n) is 17.8. The number of halogens is 3. The molecule has 7 aromatic carbocycles. The molecule has 3 saturated heterocycles. The van der Waals surface area contributed by atoms with Gasteiger partial charge in [-0.1, -0.05) is 109 Å². The third-order valence-corrected chi connectivity index (χ3v) is 27.7. The zero-order chi connectivity index (χ0) is 102. The first-order valence-electron chi connectivity index (χ1n) is 44.5. The summed E-state index contributed by atoms with van der Waals surface area (Å²) in [7, 11) is -4.09. The zero-order valence-corrected chi connectivity index (χ0v) is 79.5. The van der Waals surface area contributed by atoms with Gasteiger partial charge in [-0.15, -0.1) is 0 Å². The molecule has 25 N–H and O–H groups in total. The third-order valence-electron chi connectivity index (χ3n) is 25.6. The number of hydrogen-bond acceptors (Lipinski definition) is 34. The number of phenols is 1. The van der Waals surface area contributed by atoms with Crippen LogP contribution < -0.4 is 73.5 Å². The van der Waals surface area contributed by atoms with E-state index in [4.69, 9.17) is 93.6 Å². The standard InChI is InChI=1S/C93H107Cl3N11O33P/c1-39(2)24-57(99-7)81(117)106-71-73(112)46-15-20-59(55(95)26-46)135-61-28-48-29-62(77(61)140-88-78(75(114)74(113)63(36-108)137-88)139-66-34-91(6,80(116)41(4)134-66)101-35-42-8-10-43(11-9-42)44-12-17-49(94)18-13-44)136-60-21-16-47(27-56(60)96)76(138-65-33-90(5,98)79(115)40(3)133-65)72-86(122)105-70(87(123)131-38-132-89(124)100-23-22-92(125,37-109)141(128,129)130)52-30-50(110)31-54-67(52)51-25-45(14-19-53(51)93(54,126)127)68(83(119)107-72)104-84(120)69(48)103-82(118)58(32-64(97)111)102-85(71)121/h8-21,25-31,37,39-41,57-58,63,65-66,68-76,78-80,88,99,101,108,110,112-116,125-127H,22-24,32-36,38,98H2,1-7H3,(H2,97,111)(H,100,124)(H,102,121)(H,103,118)(H,104,120)(H,105,122)(H,106,117)(H,107,119)(H2,128,129,130)/t40-,41-,57+,58-,63+,65-,66-,68+,69+,70-,71+,72-,73+,74+,75-,76+,78+,79-,80-,88-,90-,91-,92?/m0/s1. The van der Waals surface area contributed by atoms with Gasteiger partial charge in [0.15, 0.2) is 42.5 Å². The lowest BCUT2D eigenvalue weighted by Gasteiger charge is -2.48. The van der Waals surface area contributed by atoms with Crippen LogP contribution in [-0.2, 0) is 93.2 Å². The molecular formula is C93H107Cl3N11O33P. The molecule has 16 rings (SSSR count). The van der Waals surface area contributed by atoms with Gasteiger partial charge in [0, 0.05) is 59.6 Å². The highest BCUT2D eigenvalue weighted by Gasteiger charge is 2.55. The summed E-state index contributed by atoms with van der Waals surface area (Å²) in [5.41, 5.74) is 8.48. The van der Waals surface area contributed by atoms with Gasteiger partial charge in [0.05, 0.1) is 53.5 Å². The molecule has 23 atom stereocenters. The molecule has 1 aliphatic carbocycles. The average molecular weight is 2040 g/mol. The number of alkyl carbamates (subject to hydrolysis) is 1. The van der Waals surface area contributed by atoms with Gasteiger partial charge in [0.1, 0.15) is 78.0 Å². The number of carbonyl (C=O) groups excluding carboxylic acids is 10. The van der Waals surface area contributed by atoms with Crippen molar-refractivity contribution < 1.29 is 161 Å². The minimum Gasteiger partial charge on any atom is -0.508 e. The van der Waals surface area contributed by atoms with Gasteiger partial charge in [0.25, 0.3) is 0 Å². The van der Waals surface area contributed by atoms with E-state index in [0.717, 1.165) is 77.4 Å². The monoisotopic (exact) mass is 2040 g/mol. The molecule has 48 heteroatoms. The number of fused-ring (bicyclic) bond motifs is 12. The molecule has 44 nitrogen and oxygen atoms in total. The minimum atomic E-state index is -5.55. The number of nitrogens with one attached hydrogen (secondary N) is 9. The summed E-state index contributed by atoms with van der Waals surface area (Å²) in [6, 6.07) is 13.8. The maximum atomic E-state index is 16.8. The summed E-state index contributed by atoms with van der Waals surface area (Å²) in [6.07, 6.45) is -27.0. The largest absolute Gasteiger partial charge is 0.508 e. The van der Waals surface area contributed by atoms with Crippen molar-refractivity contribution in [2.45, 2.75) is 225 Å². The van der Waals surface area contributed by atoms with Crippen LogP contribution in [0.15, 0.2) is 127 Å². The molecule has 758 valence electrons. The number of esters is 1. The highest BCUT2D eigenvalue weighted by atomic mass is 35.5. The van der Waals surface area contributed by atoms with Gasteiger partial charge in [-0.05, 0) is 169 Å². The number of carbonyl (C=O) groups is 10. The number of aromatic hydroxyl groups is 1. The number of amides is 8. The fraction of sp³-hybridized carbons (Fsp3) is 0.441. The zero-order valence-electron chi connectivity index (χ0n) is 76.4. The van der Waals surface area contributed by atoms with E-state index in [-0.39, 0.29) is 42.0 Å². The second-order valence-electron chi connectivity index (χ2n) is 36.3. The van der Waals surface area contributed by atoms with Crippen LogP contribution in [0.1, 0.15) is 148 Å². The Morgan fingerprint density at radius 1 is 0.681 bits per heavy atom. The van der Waals surface area contributed by atoms with E-state index >= 15 is 28.8 Å². The molecule has 3 fully saturated rings. The first kappa shape index (κ1) is 106. The van der Waals surface area contributed by atoms with E-state index in [0.29, 0.717) is 5.02 Å². The Hall–Kier alpha value is -11.2. The Morgan fingerprint density at radius 2 is 1.28 bits per heavy atom. The van der Waals surface area contributed by atoms with Crippen molar-refractivity contribution in [3.8, 4) is 56.8 Å². The minimum absolute atomic E-state index is 0.152. The number of ether oxygens (including phenoxy) is 10. The highest BCUT2D eigenvalue weighted by Crippen LogP contribution is 2.54. The highest BCUT2D eigenvalue weighted by molar-refractivity contribution is 7.54. The lowest BCUT2D eigenvalue weighted by molar-refractivity contribution is -0.334. The quantitative estimate of drug-likeness (QED) is 0.0160. The van der Waals surface area contributed by atoms with E-state index in [9.17, 15) is 84.6 Å². The molecule has 9 aliphatic rings. The lowest BCUT2D eigenvalue weighted by atomic mass is 9.84. The summed E-state index contributed by atoms with van der Waals surface area (Å²) < 4.78 is 75.6. The van der Waals surface area contributed by atoms with Gasteiger partial charge in [0.2, 0.25) is 71.3 Å². The van der Waals surface area contributed by atoms with Crippen molar-refractivity contribution in [3.05, 3.63) is 187 Å². The van der Waals surface area contributed by atoms with Crippen molar-refractivity contribution in [1.82, 2.24) is 47.9 Å². The van der Waals surface area contributed by atoms with Crippen LogP contribution in [0.4, 0.5) is 4.79 Å². The summed E-state index contributed by atoms with van der Waals surface area (Å²) in [6.45, 7) is 6.56. The van der Waals surface area contributed by atoms with Crippen LogP contribution >= 0.6 is 42.4 Å². The molecule has 0 spiro atoms. The van der Waals surface area contributed by atoms with Gasteiger partial charge in [-0.3, -0.25) is 42.9 Å². The lowest BCUT2D eigenvalue weighted by Crippen LogP contribution is -2.65. The van der Waals surface area contributed by atoms with Crippen LogP contribution in [0.3, 0.4) is 0 Å². The van der Waals surface area contributed by atoms with Gasteiger partial charge >= 0.3 is 19.7 Å². The van der Waals surface area contributed by atoms with Gasteiger partial charge < -0.3 is 168 Å². The molecule has 0 aromatic heterocycles. The van der Waals surface area contributed by atoms with Crippen molar-refractivity contribution in [2.24, 2.45) is 17.4 Å². The number of nitrogens with two attached hydrogens (primary N) is 2. The van der Waals surface area contributed by atoms with Crippen molar-refractivity contribution in [3.63, 3.8) is 0 Å². The second kappa shape index (κ2) is 42.7. The number of likely N-dealkylation sites (N-methyl/N-ethyl adjacent to an activating group) is 1. The summed E-state index contributed by atoms with van der Waals surface area (Å²) in [4.78, 5) is 168. The van der Waals surface area contributed by atoms with Crippen molar-refractivity contribution >= 4 is 102 Å². The topological polar surface area (TPSA) is 683 Å². The molecule has 8 heterocycles. The summed E-state index contributed by atoms with van der Waals surface area (Å²) in [5.74, 6) is -18.3. The number of phenolic OH excluding ortho intramolecular Hbond substituents is 1. The fourth-order valence-corrected chi connectivity index (χ4v) is 18.9. The van der Waals surface area contributed by atoms with E-state index in [1.165, 1.54) is 39.1 Å². The predicted molar refractivity (Wildman–Crippen MR) is 493 cm³/mol. The molecule has 8 amide bonds.